The smallest absolute Gasteiger partial charge is 0.160 e. The molecule has 0 radical (unpaired) electrons. The van der Waals surface area contributed by atoms with Crippen LogP contribution >= 0.6 is 0 Å². The highest BCUT2D eigenvalue weighted by atomic mass is 14.9. The van der Waals surface area contributed by atoms with Gasteiger partial charge in [-0.05, 0) is 97.6 Å². The minimum Gasteiger partial charge on any atom is -0.233 e. The fourth-order valence-corrected chi connectivity index (χ4v) is 6.98. The van der Waals surface area contributed by atoms with E-state index in [0.717, 1.165) is 51.9 Å². The highest BCUT2D eigenvalue weighted by Crippen LogP contribution is 2.43. The van der Waals surface area contributed by atoms with E-state index in [-0.39, 0.29) is 0 Å². The molecule has 0 heterocycles. The summed E-state index contributed by atoms with van der Waals surface area (Å²) in [6.07, 6.45) is 9.47. The minimum atomic E-state index is 0.596. The molecule has 0 saturated heterocycles. The van der Waals surface area contributed by atoms with Gasteiger partial charge < -0.3 is 0 Å². The summed E-state index contributed by atoms with van der Waals surface area (Å²) in [7, 11) is 0. The van der Waals surface area contributed by atoms with Gasteiger partial charge in [0.15, 0.2) is 5.84 Å². The van der Waals surface area contributed by atoms with E-state index in [1.54, 1.807) is 0 Å². The van der Waals surface area contributed by atoms with Crippen molar-refractivity contribution in [1.29, 1.82) is 0 Å². The summed E-state index contributed by atoms with van der Waals surface area (Å²) in [4.78, 5) is 10.3. The van der Waals surface area contributed by atoms with Crippen molar-refractivity contribution in [1.82, 2.24) is 0 Å². The van der Waals surface area contributed by atoms with E-state index in [2.05, 4.69) is 148 Å². The molecule has 0 aliphatic heterocycles. The molecule has 0 aromatic heterocycles. The van der Waals surface area contributed by atoms with Gasteiger partial charge in [-0.15, -0.1) is 6.42 Å². The average molecular weight is 669 g/mol. The van der Waals surface area contributed by atoms with Crippen molar-refractivity contribution < 1.29 is 0 Å². The van der Waals surface area contributed by atoms with Crippen molar-refractivity contribution in [3.8, 4) is 34.6 Å². The van der Waals surface area contributed by atoms with Gasteiger partial charge in [-0.25, -0.2) is 9.98 Å². The molecular formula is C50H40N2. The van der Waals surface area contributed by atoms with E-state index in [0.29, 0.717) is 11.5 Å². The number of amidine groups is 1. The molecule has 0 bridgehead atoms. The molecule has 0 aliphatic rings. The Bertz CT molecular complexity index is 2490. The van der Waals surface area contributed by atoms with Crippen LogP contribution in [0.5, 0.6) is 0 Å². The predicted molar refractivity (Wildman–Crippen MR) is 225 cm³/mol. The molecule has 250 valence electrons. The van der Waals surface area contributed by atoms with Gasteiger partial charge in [0, 0.05) is 11.3 Å². The van der Waals surface area contributed by atoms with E-state index in [1.165, 1.54) is 38.2 Å². The van der Waals surface area contributed by atoms with Crippen LogP contribution in [0.2, 0.25) is 0 Å². The van der Waals surface area contributed by atoms with Gasteiger partial charge in [0.05, 0.1) is 5.70 Å². The molecule has 2 heteroatoms. The largest absolute Gasteiger partial charge is 0.233 e. The first-order valence-corrected chi connectivity index (χ1v) is 17.8. The number of benzene rings is 7. The molecular weight excluding hydrogens is 629 g/mol. The zero-order valence-corrected chi connectivity index (χ0v) is 29.7. The van der Waals surface area contributed by atoms with Crippen LogP contribution in [0.3, 0.4) is 0 Å². The van der Waals surface area contributed by atoms with Gasteiger partial charge in [0.2, 0.25) is 0 Å². The molecule has 7 rings (SSSR count). The molecule has 52 heavy (non-hydrogen) atoms. The van der Waals surface area contributed by atoms with Crippen molar-refractivity contribution in [3.63, 3.8) is 0 Å². The Morgan fingerprint density at radius 1 is 0.577 bits per heavy atom. The molecule has 0 saturated carbocycles. The molecule has 7 aromatic rings. The summed E-state index contributed by atoms with van der Waals surface area (Å²) in [6, 6.07) is 55.3. The summed E-state index contributed by atoms with van der Waals surface area (Å²) in [6.45, 7) is 8.55. The maximum atomic E-state index is 5.72. The first kappa shape index (κ1) is 33.9. The molecule has 0 amide bonds. The first-order chi connectivity index (χ1) is 25.6. The van der Waals surface area contributed by atoms with E-state index >= 15 is 0 Å². The Morgan fingerprint density at radius 3 is 1.69 bits per heavy atom. The van der Waals surface area contributed by atoms with Gasteiger partial charge in [-0.1, -0.05) is 171 Å². The van der Waals surface area contributed by atoms with Gasteiger partial charge in [-0.3, -0.25) is 0 Å². The lowest BCUT2D eigenvalue weighted by molar-refractivity contribution is 0.974. The molecule has 7 aromatic carbocycles. The van der Waals surface area contributed by atoms with Crippen LogP contribution in [-0.2, 0) is 0 Å². The quantitative estimate of drug-likeness (QED) is 0.0633. The Labute approximate surface area is 307 Å². The number of hydrogen-bond acceptors (Lipinski definition) is 1. The third-order valence-electron chi connectivity index (χ3n) is 9.45. The van der Waals surface area contributed by atoms with E-state index in [4.69, 9.17) is 16.4 Å². The zero-order valence-electron chi connectivity index (χ0n) is 29.7. The van der Waals surface area contributed by atoms with Gasteiger partial charge in [-0.2, -0.15) is 0 Å². The standard InChI is InChI=1S/C50H40N2/c1-5-19-38(20-6-2)41-26-18-28-43(34-41)50(51-35(3)37-21-9-7-10-22-37)52-36(4)40-25-17-27-42(33-40)49-46-31-15-13-29-44(46)48(39-23-11-8-12-24-39)45-30-14-16-32-47(45)49/h1,7-19,21-34H,3,6,20H2,2,4H3/b38-19+,51-50?,52-36?. The number of nitrogens with zero attached hydrogens (tertiary/aromatic N) is 2. The summed E-state index contributed by atoms with van der Waals surface area (Å²) < 4.78 is 0. The van der Waals surface area contributed by atoms with Gasteiger partial charge >= 0.3 is 0 Å². The Balaban J connectivity index is 1.37. The third-order valence-corrected chi connectivity index (χ3v) is 9.45. The maximum Gasteiger partial charge on any atom is 0.160 e. The maximum absolute atomic E-state index is 5.72. The number of allylic oxidation sites excluding steroid dienone is 2. The second kappa shape index (κ2) is 15.5. The van der Waals surface area contributed by atoms with Crippen LogP contribution < -0.4 is 0 Å². The van der Waals surface area contributed by atoms with Crippen LogP contribution in [0, 0.1) is 12.3 Å². The monoisotopic (exact) mass is 668 g/mol. The molecule has 0 unspecified atom stereocenters. The lowest BCUT2D eigenvalue weighted by Gasteiger charge is -2.18. The fourth-order valence-electron chi connectivity index (χ4n) is 6.98. The van der Waals surface area contributed by atoms with Crippen LogP contribution in [0.4, 0.5) is 0 Å². The molecule has 2 nitrogen and oxygen atoms in total. The molecule has 0 fully saturated rings. The van der Waals surface area contributed by atoms with Crippen LogP contribution in [0.25, 0.3) is 55.1 Å². The normalized spacial score (nSPS) is 12.2. The van der Waals surface area contributed by atoms with Crippen LogP contribution in [-0.4, -0.2) is 11.5 Å². The highest BCUT2D eigenvalue weighted by Gasteiger charge is 2.17. The molecule has 0 aliphatic carbocycles. The Morgan fingerprint density at radius 2 is 1.08 bits per heavy atom. The van der Waals surface area contributed by atoms with Crippen LogP contribution in [0.1, 0.15) is 48.9 Å². The number of aliphatic imine (C=N–C) groups is 2. The number of rotatable bonds is 9. The second-order valence-electron chi connectivity index (χ2n) is 12.9. The SMILES string of the molecule is C#C/C=C(\CCC)c1cccc(C(N=C(C)c2cccc(-c3c4ccccc4c(-c4ccccc4)c4ccccc34)c2)=NC(=C)c2ccccc2)c1. The van der Waals surface area contributed by atoms with E-state index in [9.17, 15) is 0 Å². The molecule has 0 spiro atoms. The van der Waals surface area contributed by atoms with Crippen molar-refractivity contribution in [3.05, 3.63) is 193 Å². The number of fused-ring (bicyclic) bond motifs is 2. The lowest BCUT2D eigenvalue weighted by Crippen LogP contribution is -2.05. The zero-order chi connectivity index (χ0) is 35.9. The number of hydrogen-bond donors (Lipinski definition) is 0. The van der Waals surface area contributed by atoms with Crippen molar-refractivity contribution in [2.75, 3.05) is 0 Å². The summed E-state index contributed by atoms with van der Waals surface area (Å²) >= 11 is 0. The minimum absolute atomic E-state index is 0.596. The summed E-state index contributed by atoms with van der Waals surface area (Å²) in [5.74, 6) is 3.32. The van der Waals surface area contributed by atoms with Gasteiger partial charge in [0.1, 0.15) is 0 Å². The van der Waals surface area contributed by atoms with E-state index in [1.807, 2.05) is 42.5 Å². The lowest BCUT2D eigenvalue weighted by atomic mass is 9.85. The first-order valence-electron chi connectivity index (χ1n) is 17.8. The van der Waals surface area contributed by atoms with Crippen LogP contribution in [0.15, 0.2) is 180 Å². The van der Waals surface area contributed by atoms with Gasteiger partial charge in [0.25, 0.3) is 0 Å². The van der Waals surface area contributed by atoms with Crippen molar-refractivity contribution >= 4 is 44.4 Å². The van der Waals surface area contributed by atoms with Crippen molar-refractivity contribution in [2.45, 2.75) is 26.7 Å². The summed E-state index contributed by atoms with van der Waals surface area (Å²) in [5, 5.41) is 4.89. The Kier molecular flexibility index (Phi) is 10.1. The topological polar surface area (TPSA) is 24.7 Å². The number of terminal acetylenes is 1. The second-order valence-corrected chi connectivity index (χ2v) is 12.9. The summed E-state index contributed by atoms with van der Waals surface area (Å²) in [5.41, 5.74) is 11.4. The molecule has 0 atom stereocenters. The molecule has 0 N–H and O–H groups in total. The predicted octanol–water partition coefficient (Wildman–Crippen LogP) is 13.1. The Hall–Kier alpha value is -6.56. The highest BCUT2D eigenvalue weighted by molar-refractivity contribution is 6.22. The average Bonchev–Trinajstić information content (AvgIpc) is 3.20. The van der Waals surface area contributed by atoms with Crippen molar-refractivity contribution in [2.24, 2.45) is 9.98 Å². The third kappa shape index (κ3) is 7.04. The fraction of sp³-hybridized carbons (Fsp3) is 0.0800. The van der Waals surface area contributed by atoms with E-state index < -0.39 is 0 Å².